The van der Waals surface area contributed by atoms with Crippen molar-refractivity contribution in [3.63, 3.8) is 0 Å². The number of aromatic nitrogens is 2. The molecule has 0 aliphatic heterocycles. The summed E-state index contributed by atoms with van der Waals surface area (Å²) in [6.07, 6.45) is -3.56. The van der Waals surface area contributed by atoms with Crippen LogP contribution in [0.2, 0.25) is 0 Å². The third kappa shape index (κ3) is 3.68. The van der Waals surface area contributed by atoms with Crippen molar-refractivity contribution in [3.05, 3.63) is 77.0 Å². The lowest BCUT2D eigenvalue weighted by Gasteiger charge is -2.11. The van der Waals surface area contributed by atoms with Crippen molar-refractivity contribution >= 4 is 11.7 Å². The molecule has 0 unspecified atom stereocenters. The van der Waals surface area contributed by atoms with Gasteiger partial charge in [-0.2, -0.15) is 18.4 Å². The van der Waals surface area contributed by atoms with Gasteiger partial charge in [0.05, 0.1) is 16.7 Å². The standard InChI is InChI=1S/C18H9F5N4O/c19-11-7-10(9-24)16(14(20)8-11)27-6-5-15(26-27)25-17(28)12-3-1-2-4-13(12)18(21,22)23/h1-8H,(H,25,26,28). The minimum Gasteiger partial charge on any atom is -0.305 e. The normalized spacial score (nSPS) is 11.1. The molecule has 0 saturated carbocycles. The van der Waals surface area contributed by atoms with Gasteiger partial charge in [-0.1, -0.05) is 12.1 Å². The Bertz CT molecular complexity index is 1100. The van der Waals surface area contributed by atoms with Gasteiger partial charge in [-0.25, -0.2) is 13.5 Å². The Balaban J connectivity index is 1.92. The molecule has 3 rings (SSSR count). The van der Waals surface area contributed by atoms with Crippen molar-refractivity contribution in [2.75, 3.05) is 5.32 Å². The number of rotatable bonds is 3. The van der Waals surface area contributed by atoms with Crippen LogP contribution in [0.15, 0.2) is 48.7 Å². The minimum atomic E-state index is -4.73. The second-order valence-corrected chi connectivity index (χ2v) is 5.54. The molecule has 3 aromatic rings. The van der Waals surface area contributed by atoms with Gasteiger partial charge in [-0.3, -0.25) is 4.79 Å². The van der Waals surface area contributed by atoms with Crippen molar-refractivity contribution in [3.8, 4) is 11.8 Å². The van der Waals surface area contributed by atoms with E-state index in [9.17, 15) is 26.7 Å². The molecule has 1 N–H and O–H groups in total. The van der Waals surface area contributed by atoms with E-state index < -0.39 is 34.8 Å². The van der Waals surface area contributed by atoms with Gasteiger partial charge in [0.1, 0.15) is 17.6 Å². The van der Waals surface area contributed by atoms with Crippen LogP contribution in [-0.2, 0) is 6.18 Å². The first-order chi connectivity index (χ1) is 13.2. The van der Waals surface area contributed by atoms with Crippen LogP contribution in [0.1, 0.15) is 21.5 Å². The average molecular weight is 392 g/mol. The maximum absolute atomic E-state index is 14.0. The van der Waals surface area contributed by atoms with Gasteiger partial charge in [-0.05, 0) is 18.2 Å². The number of benzene rings is 2. The topological polar surface area (TPSA) is 70.7 Å². The molecule has 2 aromatic carbocycles. The maximum Gasteiger partial charge on any atom is 0.417 e. The largest absolute Gasteiger partial charge is 0.417 e. The number of nitrogens with one attached hydrogen (secondary N) is 1. The SMILES string of the molecule is N#Cc1cc(F)cc(F)c1-n1ccc(NC(=O)c2ccccc2C(F)(F)F)n1. The van der Waals surface area contributed by atoms with E-state index in [1.807, 2.05) is 0 Å². The summed E-state index contributed by atoms with van der Waals surface area (Å²) < 4.78 is 67.2. The van der Waals surface area contributed by atoms with E-state index >= 15 is 0 Å². The highest BCUT2D eigenvalue weighted by atomic mass is 19.4. The predicted molar refractivity (Wildman–Crippen MR) is 87.6 cm³/mol. The summed E-state index contributed by atoms with van der Waals surface area (Å²) in [5.74, 6) is -3.28. The minimum absolute atomic E-state index is 0.186. The van der Waals surface area contributed by atoms with Crippen LogP contribution in [-0.4, -0.2) is 15.7 Å². The van der Waals surface area contributed by atoms with Crippen LogP contribution in [0.4, 0.5) is 27.8 Å². The molecule has 10 heteroatoms. The summed E-state index contributed by atoms with van der Waals surface area (Å²) in [6.45, 7) is 0. The predicted octanol–water partition coefficient (Wildman–Crippen LogP) is 4.29. The summed E-state index contributed by atoms with van der Waals surface area (Å²) >= 11 is 0. The van der Waals surface area contributed by atoms with Gasteiger partial charge in [0, 0.05) is 18.3 Å². The summed E-state index contributed by atoms with van der Waals surface area (Å²) in [7, 11) is 0. The van der Waals surface area contributed by atoms with Crippen LogP contribution in [0.25, 0.3) is 5.69 Å². The van der Waals surface area contributed by atoms with Gasteiger partial charge in [-0.15, -0.1) is 5.10 Å². The fourth-order valence-electron chi connectivity index (χ4n) is 2.51. The number of carbonyl (C=O) groups excluding carboxylic acids is 1. The molecular weight excluding hydrogens is 383 g/mol. The van der Waals surface area contributed by atoms with Gasteiger partial charge in [0.25, 0.3) is 5.91 Å². The number of halogens is 5. The summed E-state index contributed by atoms with van der Waals surface area (Å²) in [5, 5.41) is 15.0. The first-order valence-corrected chi connectivity index (χ1v) is 7.63. The Hall–Kier alpha value is -3.74. The number of hydrogen-bond donors (Lipinski definition) is 1. The van der Waals surface area contributed by atoms with Gasteiger partial charge in [0.2, 0.25) is 0 Å². The third-order valence-corrected chi connectivity index (χ3v) is 3.69. The van der Waals surface area contributed by atoms with Crippen molar-refractivity contribution < 1.29 is 26.7 Å². The smallest absolute Gasteiger partial charge is 0.305 e. The molecule has 28 heavy (non-hydrogen) atoms. The van der Waals surface area contributed by atoms with Crippen LogP contribution >= 0.6 is 0 Å². The molecule has 0 fully saturated rings. The molecule has 0 atom stereocenters. The van der Waals surface area contributed by atoms with E-state index in [4.69, 9.17) is 5.26 Å². The van der Waals surface area contributed by atoms with E-state index in [-0.39, 0.29) is 17.1 Å². The Morgan fingerprint density at radius 3 is 2.54 bits per heavy atom. The van der Waals surface area contributed by atoms with Crippen molar-refractivity contribution in [1.29, 1.82) is 5.26 Å². The van der Waals surface area contributed by atoms with Crippen molar-refractivity contribution in [2.24, 2.45) is 0 Å². The quantitative estimate of drug-likeness (QED) is 0.676. The Labute approximate surface area is 154 Å². The van der Waals surface area contributed by atoms with E-state index in [2.05, 4.69) is 10.4 Å². The summed E-state index contributed by atoms with van der Waals surface area (Å²) in [6, 6.07) is 8.36. The molecular formula is C18H9F5N4O. The number of anilines is 1. The molecule has 0 spiro atoms. The van der Waals surface area contributed by atoms with Crippen molar-refractivity contribution in [1.82, 2.24) is 9.78 Å². The Kier molecular flexibility index (Phi) is 4.83. The molecule has 0 saturated heterocycles. The molecule has 142 valence electrons. The van der Waals surface area contributed by atoms with E-state index in [0.29, 0.717) is 6.07 Å². The molecule has 0 aliphatic rings. The van der Waals surface area contributed by atoms with E-state index in [0.717, 1.165) is 28.9 Å². The zero-order valence-electron chi connectivity index (χ0n) is 13.8. The van der Waals surface area contributed by atoms with Crippen molar-refractivity contribution in [2.45, 2.75) is 6.18 Å². The summed E-state index contributed by atoms with van der Waals surface area (Å²) in [4.78, 5) is 12.2. The molecule has 1 heterocycles. The average Bonchev–Trinajstić information content (AvgIpc) is 3.08. The molecule has 0 bridgehead atoms. The highest BCUT2D eigenvalue weighted by Crippen LogP contribution is 2.32. The fourth-order valence-corrected chi connectivity index (χ4v) is 2.51. The van der Waals surface area contributed by atoms with E-state index in [1.54, 1.807) is 6.07 Å². The molecule has 0 aliphatic carbocycles. The second-order valence-electron chi connectivity index (χ2n) is 5.54. The number of alkyl halides is 3. The van der Waals surface area contributed by atoms with Crippen LogP contribution in [0.5, 0.6) is 0 Å². The monoisotopic (exact) mass is 392 g/mol. The lowest BCUT2D eigenvalue weighted by molar-refractivity contribution is -0.137. The molecule has 5 nitrogen and oxygen atoms in total. The number of amides is 1. The highest BCUT2D eigenvalue weighted by molar-refractivity contribution is 6.04. The molecule has 0 radical (unpaired) electrons. The number of carbonyl (C=O) groups is 1. The van der Waals surface area contributed by atoms with Gasteiger partial charge >= 0.3 is 6.18 Å². The third-order valence-electron chi connectivity index (χ3n) is 3.69. The first kappa shape index (κ1) is 19.0. The van der Waals surface area contributed by atoms with Gasteiger partial charge in [0.15, 0.2) is 11.6 Å². The lowest BCUT2D eigenvalue weighted by Crippen LogP contribution is -2.19. The summed E-state index contributed by atoms with van der Waals surface area (Å²) in [5.41, 5.74) is -2.44. The number of nitriles is 1. The Morgan fingerprint density at radius 2 is 1.86 bits per heavy atom. The van der Waals surface area contributed by atoms with E-state index in [1.165, 1.54) is 18.3 Å². The highest BCUT2D eigenvalue weighted by Gasteiger charge is 2.35. The zero-order valence-corrected chi connectivity index (χ0v) is 13.8. The number of hydrogen-bond acceptors (Lipinski definition) is 3. The molecule has 1 aromatic heterocycles. The van der Waals surface area contributed by atoms with Crippen LogP contribution < -0.4 is 5.32 Å². The lowest BCUT2D eigenvalue weighted by atomic mass is 10.1. The van der Waals surface area contributed by atoms with Gasteiger partial charge < -0.3 is 5.32 Å². The first-order valence-electron chi connectivity index (χ1n) is 7.63. The Morgan fingerprint density at radius 1 is 1.14 bits per heavy atom. The second kappa shape index (κ2) is 7.11. The zero-order chi connectivity index (χ0) is 20.5. The fraction of sp³-hybridized carbons (Fsp3) is 0.0556. The maximum atomic E-state index is 14.0. The van der Waals surface area contributed by atoms with Crippen LogP contribution in [0.3, 0.4) is 0 Å². The number of nitrogens with zero attached hydrogens (tertiary/aromatic N) is 3. The van der Waals surface area contributed by atoms with Crippen LogP contribution in [0, 0.1) is 23.0 Å². The molecule has 1 amide bonds.